The summed E-state index contributed by atoms with van der Waals surface area (Å²) in [5, 5.41) is 2.77. The highest BCUT2D eigenvalue weighted by molar-refractivity contribution is 7.92. The van der Waals surface area contributed by atoms with Gasteiger partial charge in [-0.1, -0.05) is 24.1 Å². The van der Waals surface area contributed by atoms with E-state index < -0.39 is 15.7 Å². The molecule has 1 fully saturated rings. The van der Waals surface area contributed by atoms with E-state index in [1.54, 1.807) is 13.1 Å². The molecule has 0 saturated carbocycles. The van der Waals surface area contributed by atoms with Crippen LogP contribution in [0, 0.1) is 5.82 Å². The molecule has 0 aliphatic carbocycles. The summed E-state index contributed by atoms with van der Waals surface area (Å²) in [6, 6.07) is 4.43. The molecule has 0 amide bonds. The van der Waals surface area contributed by atoms with Crippen molar-refractivity contribution in [2.45, 2.75) is 37.0 Å². The fourth-order valence-corrected chi connectivity index (χ4v) is 5.06. The van der Waals surface area contributed by atoms with Gasteiger partial charge >= 0.3 is 0 Å². The van der Waals surface area contributed by atoms with Crippen LogP contribution in [0.25, 0.3) is 0 Å². The minimum Gasteiger partial charge on any atom is -0.315 e. The molecule has 1 N–H and O–H groups in total. The van der Waals surface area contributed by atoms with Crippen molar-refractivity contribution in [1.29, 1.82) is 0 Å². The third-order valence-corrected chi connectivity index (χ3v) is 6.54. The SMILES string of the molecule is CNC(Cc1ccc(Cl)c(F)c1)C1CCCCS1(=O)=O. The van der Waals surface area contributed by atoms with Gasteiger partial charge in [0.25, 0.3) is 0 Å². The molecule has 0 radical (unpaired) electrons. The van der Waals surface area contributed by atoms with Crippen molar-refractivity contribution in [3.8, 4) is 0 Å². The molecular formula is C14H19ClFNO2S. The largest absolute Gasteiger partial charge is 0.315 e. The number of sulfone groups is 1. The summed E-state index contributed by atoms with van der Waals surface area (Å²) in [6.45, 7) is 0. The zero-order valence-electron chi connectivity index (χ0n) is 11.4. The van der Waals surface area contributed by atoms with E-state index in [0.29, 0.717) is 12.8 Å². The van der Waals surface area contributed by atoms with Crippen molar-refractivity contribution in [2.24, 2.45) is 0 Å². The van der Waals surface area contributed by atoms with Crippen LogP contribution in [-0.4, -0.2) is 32.5 Å². The van der Waals surface area contributed by atoms with Crippen molar-refractivity contribution >= 4 is 21.4 Å². The van der Waals surface area contributed by atoms with Gasteiger partial charge in [0, 0.05) is 6.04 Å². The second-order valence-electron chi connectivity index (χ2n) is 5.25. The van der Waals surface area contributed by atoms with Gasteiger partial charge in [-0.2, -0.15) is 0 Å². The van der Waals surface area contributed by atoms with Crippen molar-refractivity contribution < 1.29 is 12.8 Å². The van der Waals surface area contributed by atoms with E-state index in [0.717, 1.165) is 18.4 Å². The number of nitrogens with one attached hydrogen (secondary N) is 1. The third-order valence-electron chi connectivity index (χ3n) is 3.89. The van der Waals surface area contributed by atoms with E-state index in [1.807, 2.05) is 0 Å². The van der Waals surface area contributed by atoms with Crippen LogP contribution in [0.1, 0.15) is 24.8 Å². The first-order valence-electron chi connectivity index (χ1n) is 6.77. The second-order valence-corrected chi connectivity index (χ2v) is 8.00. The van der Waals surface area contributed by atoms with Crippen LogP contribution in [0.5, 0.6) is 0 Å². The van der Waals surface area contributed by atoms with Crippen molar-refractivity contribution in [3.63, 3.8) is 0 Å². The number of hydrogen-bond acceptors (Lipinski definition) is 3. The Kier molecular flexibility index (Phi) is 5.04. The standard InChI is InChI=1S/C14H19ClFNO2S/c1-17-13(14-4-2-3-7-20(14,18)19)9-10-5-6-11(15)12(16)8-10/h5-6,8,13-14,17H,2-4,7,9H2,1H3. The van der Waals surface area contributed by atoms with Crippen LogP contribution in [-0.2, 0) is 16.3 Å². The Morgan fingerprint density at radius 2 is 2.20 bits per heavy atom. The first kappa shape index (κ1) is 15.7. The molecule has 6 heteroatoms. The molecule has 1 aliphatic heterocycles. The number of hydrogen-bond donors (Lipinski definition) is 1. The molecule has 3 nitrogen and oxygen atoms in total. The number of halogens is 2. The van der Waals surface area contributed by atoms with Gasteiger partial charge in [-0.15, -0.1) is 0 Å². The van der Waals surface area contributed by atoms with Crippen molar-refractivity contribution in [3.05, 3.63) is 34.6 Å². The molecule has 2 atom stereocenters. The first-order valence-corrected chi connectivity index (χ1v) is 8.86. The van der Waals surface area contributed by atoms with Gasteiger partial charge in [-0.25, -0.2) is 12.8 Å². The van der Waals surface area contributed by atoms with E-state index in [4.69, 9.17) is 11.6 Å². The molecule has 1 heterocycles. The van der Waals surface area contributed by atoms with E-state index in [2.05, 4.69) is 5.32 Å². The Morgan fingerprint density at radius 3 is 2.80 bits per heavy atom. The molecule has 112 valence electrons. The quantitative estimate of drug-likeness (QED) is 0.928. The lowest BCUT2D eigenvalue weighted by Crippen LogP contribution is -2.46. The van der Waals surface area contributed by atoms with E-state index in [-0.39, 0.29) is 22.1 Å². The molecule has 1 aromatic rings. The van der Waals surface area contributed by atoms with Crippen LogP contribution in [0.15, 0.2) is 18.2 Å². The lowest BCUT2D eigenvalue weighted by Gasteiger charge is -2.30. The van der Waals surface area contributed by atoms with Gasteiger partial charge < -0.3 is 5.32 Å². The summed E-state index contributed by atoms with van der Waals surface area (Å²) in [6.07, 6.45) is 2.82. The molecular weight excluding hydrogens is 301 g/mol. The van der Waals surface area contributed by atoms with Gasteiger partial charge in [0.1, 0.15) is 5.82 Å². The Labute approximate surface area is 124 Å². The van der Waals surface area contributed by atoms with E-state index in [9.17, 15) is 12.8 Å². The maximum Gasteiger partial charge on any atom is 0.154 e. The van der Waals surface area contributed by atoms with E-state index >= 15 is 0 Å². The minimum atomic E-state index is -3.06. The smallest absolute Gasteiger partial charge is 0.154 e. The fourth-order valence-electron chi connectivity index (χ4n) is 2.77. The lowest BCUT2D eigenvalue weighted by molar-refractivity contribution is 0.455. The topological polar surface area (TPSA) is 46.2 Å². The summed E-state index contributed by atoms with van der Waals surface area (Å²) < 4.78 is 37.8. The minimum absolute atomic E-state index is 0.0834. The summed E-state index contributed by atoms with van der Waals surface area (Å²) in [4.78, 5) is 0. The molecule has 1 aromatic carbocycles. The maximum absolute atomic E-state index is 13.5. The van der Waals surface area contributed by atoms with Gasteiger partial charge in [0.15, 0.2) is 9.84 Å². The zero-order valence-corrected chi connectivity index (χ0v) is 13.0. The maximum atomic E-state index is 13.5. The van der Waals surface area contributed by atoms with Gasteiger partial charge in [0.05, 0.1) is 16.0 Å². The molecule has 1 saturated heterocycles. The predicted octanol–water partition coefficient (Wildman–Crippen LogP) is 2.58. The van der Waals surface area contributed by atoms with Crippen LogP contribution in [0.2, 0.25) is 5.02 Å². The molecule has 1 aliphatic rings. The van der Waals surface area contributed by atoms with Crippen LogP contribution in [0.4, 0.5) is 4.39 Å². The van der Waals surface area contributed by atoms with Crippen molar-refractivity contribution in [2.75, 3.05) is 12.8 Å². The molecule has 2 rings (SSSR count). The fraction of sp³-hybridized carbons (Fsp3) is 0.571. The summed E-state index contributed by atoms with van der Waals surface area (Å²) in [5.74, 6) is -0.212. The highest BCUT2D eigenvalue weighted by atomic mass is 35.5. The molecule has 0 bridgehead atoms. The van der Waals surface area contributed by atoms with Gasteiger partial charge in [-0.3, -0.25) is 0 Å². The summed E-state index contributed by atoms with van der Waals surface area (Å²) in [7, 11) is -1.30. The summed E-state index contributed by atoms with van der Waals surface area (Å²) >= 11 is 5.66. The summed E-state index contributed by atoms with van der Waals surface area (Å²) in [5.41, 5.74) is 0.757. The predicted molar refractivity (Wildman–Crippen MR) is 79.4 cm³/mol. The average Bonchev–Trinajstić information content (AvgIpc) is 2.40. The van der Waals surface area contributed by atoms with E-state index in [1.165, 1.54) is 12.1 Å². The Morgan fingerprint density at radius 1 is 1.45 bits per heavy atom. The lowest BCUT2D eigenvalue weighted by atomic mass is 9.99. The van der Waals surface area contributed by atoms with Crippen LogP contribution >= 0.6 is 11.6 Å². The molecule has 0 spiro atoms. The highest BCUT2D eigenvalue weighted by Gasteiger charge is 2.34. The number of rotatable bonds is 4. The normalized spacial score (nSPS) is 23.4. The second kappa shape index (κ2) is 6.41. The Bertz CT molecular complexity index is 577. The van der Waals surface area contributed by atoms with Gasteiger partial charge in [-0.05, 0) is 44.0 Å². The Hall–Kier alpha value is -0.650. The van der Waals surface area contributed by atoms with Crippen LogP contribution in [0.3, 0.4) is 0 Å². The molecule has 20 heavy (non-hydrogen) atoms. The third kappa shape index (κ3) is 3.51. The monoisotopic (exact) mass is 319 g/mol. The van der Waals surface area contributed by atoms with Gasteiger partial charge in [0.2, 0.25) is 0 Å². The molecule has 0 aromatic heterocycles. The molecule has 2 unspecified atom stereocenters. The Balaban J connectivity index is 2.18. The first-order chi connectivity index (χ1) is 9.44. The highest BCUT2D eigenvalue weighted by Crippen LogP contribution is 2.25. The zero-order chi connectivity index (χ0) is 14.8. The number of benzene rings is 1. The van der Waals surface area contributed by atoms with Crippen LogP contribution < -0.4 is 5.32 Å². The number of likely N-dealkylation sites (N-methyl/N-ethyl adjacent to an activating group) is 1. The average molecular weight is 320 g/mol. The van der Waals surface area contributed by atoms with Crippen molar-refractivity contribution in [1.82, 2.24) is 5.32 Å².